The number of benzene rings is 2. The average molecular weight is 458 g/mol. The van der Waals surface area contributed by atoms with E-state index in [2.05, 4.69) is 5.32 Å². The van der Waals surface area contributed by atoms with Crippen LogP contribution in [0.5, 0.6) is 5.75 Å². The number of urea groups is 1. The van der Waals surface area contributed by atoms with Crippen LogP contribution in [0.1, 0.15) is 18.1 Å². The summed E-state index contributed by atoms with van der Waals surface area (Å²) < 4.78 is 30.2. The number of nitrogens with one attached hydrogen (secondary N) is 1. The highest BCUT2D eigenvalue weighted by atomic mass is 32.2. The molecule has 0 aliphatic carbocycles. The van der Waals surface area contributed by atoms with Crippen molar-refractivity contribution in [2.45, 2.75) is 32.5 Å². The molecule has 2 fully saturated rings. The van der Waals surface area contributed by atoms with Gasteiger partial charge < -0.3 is 15.0 Å². The van der Waals surface area contributed by atoms with Crippen LogP contribution in [0.2, 0.25) is 0 Å². The lowest BCUT2D eigenvalue weighted by atomic mass is 10.1. The van der Waals surface area contributed by atoms with Crippen molar-refractivity contribution in [3.63, 3.8) is 0 Å². The highest BCUT2D eigenvalue weighted by Crippen LogP contribution is 2.35. The summed E-state index contributed by atoms with van der Waals surface area (Å²) in [7, 11) is -3.31. The second-order valence-electron chi connectivity index (χ2n) is 8.18. The van der Waals surface area contributed by atoms with Crippen LogP contribution in [-0.2, 0) is 21.2 Å². The molecule has 32 heavy (non-hydrogen) atoms. The number of sulfone groups is 1. The molecule has 2 aromatic carbocycles. The van der Waals surface area contributed by atoms with Crippen LogP contribution in [0.25, 0.3) is 0 Å². The van der Waals surface area contributed by atoms with Crippen LogP contribution in [0.15, 0.2) is 48.5 Å². The number of fused-ring (bicyclic) bond motifs is 1. The quantitative estimate of drug-likeness (QED) is 0.643. The molecule has 2 aliphatic rings. The molecule has 2 aliphatic heterocycles. The molecule has 3 amide bonds. The zero-order valence-electron chi connectivity index (χ0n) is 18.2. The van der Waals surface area contributed by atoms with E-state index in [4.69, 9.17) is 4.74 Å². The van der Waals surface area contributed by atoms with Gasteiger partial charge in [-0.3, -0.25) is 9.69 Å². The molecule has 0 unspecified atom stereocenters. The van der Waals surface area contributed by atoms with Crippen LogP contribution in [0.3, 0.4) is 0 Å². The summed E-state index contributed by atoms with van der Waals surface area (Å²) in [5, 5.41) is 2.83. The van der Waals surface area contributed by atoms with Crippen molar-refractivity contribution in [3.8, 4) is 5.75 Å². The summed E-state index contributed by atoms with van der Waals surface area (Å²) in [5.74, 6) is 0.0987. The summed E-state index contributed by atoms with van der Waals surface area (Å²) in [6.07, 6.45) is 0. The lowest BCUT2D eigenvalue weighted by molar-refractivity contribution is -0.122. The van der Waals surface area contributed by atoms with Crippen LogP contribution in [0, 0.1) is 6.92 Å². The molecule has 4 rings (SSSR count). The molecule has 2 atom stereocenters. The predicted molar refractivity (Wildman–Crippen MR) is 121 cm³/mol. The van der Waals surface area contributed by atoms with E-state index in [1.54, 1.807) is 24.3 Å². The van der Waals surface area contributed by atoms with Crippen molar-refractivity contribution in [3.05, 3.63) is 59.7 Å². The first-order chi connectivity index (χ1) is 15.3. The minimum Gasteiger partial charge on any atom is -0.494 e. The second-order valence-corrected chi connectivity index (χ2v) is 10.3. The normalized spacial score (nSPS) is 21.5. The Bertz CT molecular complexity index is 1100. The molecular weight excluding hydrogens is 430 g/mol. The van der Waals surface area contributed by atoms with Gasteiger partial charge in [-0.25, -0.2) is 13.2 Å². The molecule has 8 nitrogen and oxygen atoms in total. The number of hydrogen-bond acceptors (Lipinski definition) is 5. The number of hydrogen-bond donors (Lipinski definition) is 1. The average Bonchev–Trinajstić information content (AvgIpc) is 3.19. The molecule has 2 aromatic rings. The lowest BCUT2D eigenvalue weighted by Crippen LogP contribution is -2.44. The molecule has 0 bridgehead atoms. The van der Waals surface area contributed by atoms with E-state index in [1.807, 2.05) is 38.1 Å². The summed E-state index contributed by atoms with van der Waals surface area (Å²) in [4.78, 5) is 28.7. The van der Waals surface area contributed by atoms with Gasteiger partial charge in [-0.15, -0.1) is 0 Å². The fraction of sp³-hybridized carbons (Fsp3) is 0.391. The number of carbonyl (C=O) groups is 2. The smallest absolute Gasteiger partial charge is 0.325 e. The highest BCUT2D eigenvalue weighted by molar-refractivity contribution is 7.91. The molecule has 2 heterocycles. The monoisotopic (exact) mass is 457 g/mol. The zero-order valence-corrected chi connectivity index (χ0v) is 19.0. The Kier molecular flexibility index (Phi) is 6.10. The largest absolute Gasteiger partial charge is 0.494 e. The number of nitrogens with zero attached hydrogens (tertiary/aromatic N) is 2. The van der Waals surface area contributed by atoms with Crippen molar-refractivity contribution in [2.75, 3.05) is 29.6 Å². The van der Waals surface area contributed by atoms with Crippen molar-refractivity contribution < 1.29 is 22.7 Å². The Morgan fingerprint density at radius 2 is 1.72 bits per heavy atom. The lowest BCUT2D eigenvalue weighted by Gasteiger charge is -2.22. The van der Waals surface area contributed by atoms with E-state index in [0.29, 0.717) is 24.6 Å². The van der Waals surface area contributed by atoms with E-state index in [0.717, 1.165) is 11.1 Å². The first-order valence-corrected chi connectivity index (χ1v) is 12.4. The van der Waals surface area contributed by atoms with E-state index in [9.17, 15) is 18.0 Å². The minimum atomic E-state index is -3.31. The molecule has 2 saturated heterocycles. The maximum atomic E-state index is 13.2. The van der Waals surface area contributed by atoms with Crippen molar-refractivity contribution in [2.24, 2.45) is 0 Å². The first-order valence-electron chi connectivity index (χ1n) is 10.6. The van der Waals surface area contributed by atoms with Crippen LogP contribution in [0.4, 0.5) is 10.5 Å². The van der Waals surface area contributed by atoms with Crippen molar-refractivity contribution in [1.29, 1.82) is 0 Å². The topological polar surface area (TPSA) is 96.0 Å². The van der Waals surface area contributed by atoms with E-state index in [1.165, 1.54) is 9.80 Å². The van der Waals surface area contributed by atoms with Gasteiger partial charge in [-0.2, -0.15) is 0 Å². The third kappa shape index (κ3) is 4.57. The number of aryl methyl sites for hydroxylation is 1. The summed E-state index contributed by atoms with van der Waals surface area (Å²) >= 11 is 0. The number of carbonyl (C=O) groups excluding carboxylic acids is 2. The maximum Gasteiger partial charge on any atom is 0.325 e. The van der Waals surface area contributed by atoms with Crippen molar-refractivity contribution >= 4 is 27.5 Å². The van der Waals surface area contributed by atoms with Gasteiger partial charge in [0.2, 0.25) is 5.91 Å². The van der Waals surface area contributed by atoms with Gasteiger partial charge in [-0.1, -0.05) is 29.8 Å². The number of rotatable bonds is 7. The van der Waals surface area contributed by atoms with Gasteiger partial charge in [0, 0.05) is 12.2 Å². The minimum absolute atomic E-state index is 0.113. The maximum absolute atomic E-state index is 13.2. The first kappa shape index (κ1) is 22.1. The number of ether oxygens (including phenoxy) is 1. The third-order valence-electron chi connectivity index (χ3n) is 5.83. The molecule has 1 N–H and O–H groups in total. The van der Waals surface area contributed by atoms with E-state index in [-0.39, 0.29) is 30.0 Å². The van der Waals surface area contributed by atoms with E-state index < -0.39 is 21.9 Å². The number of anilines is 1. The standard InChI is InChI=1S/C23H27N3O5S/c1-3-31-19-10-8-18(9-11-19)26-21-15-32(29,30)14-20(21)25(23(26)28)13-22(27)24-12-17-6-4-16(2)5-7-17/h4-11,20-21H,3,12-15H2,1-2H3,(H,24,27)/t20-,21-/m0/s1. The SMILES string of the molecule is CCOc1ccc(N2C(=O)N(CC(=O)NCc3ccc(C)cc3)[C@H]3CS(=O)(=O)C[C@@H]32)cc1. The summed E-state index contributed by atoms with van der Waals surface area (Å²) in [6, 6.07) is 13.4. The second kappa shape index (κ2) is 8.82. The van der Waals surface area contributed by atoms with Gasteiger partial charge >= 0.3 is 6.03 Å². The predicted octanol–water partition coefficient (Wildman–Crippen LogP) is 2.12. The molecule has 0 spiro atoms. The molecule has 9 heteroatoms. The van der Waals surface area contributed by atoms with Crippen LogP contribution >= 0.6 is 0 Å². The number of amides is 3. The molecule has 0 radical (unpaired) electrons. The van der Waals surface area contributed by atoms with Gasteiger partial charge in [0.05, 0.1) is 30.2 Å². The molecule has 170 valence electrons. The van der Waals surface area contributed by atoms with Crippen LogP contribution in [-0.4, -0.2) is 62.0 Å². The van der Waals surface area contributed by atoms with Crippen molar-refractivity contribution in [1.82, 2.24) is 10.2 Å². The Morgan fingerprint density at radius 3 is 2.38 bits per heavy atom. The fourth-order valence-corrected chi connectivity index (χ4v) is 6.20. The van der Waals surface area contributed by atoms with Crippen LogP contribution < -0.4 is 15.0 Å². The van der Waals surface area contributed by atoms with Gasteiger partial charge in [0.1, 0.15) is 12.3 Å². The van der Waals surface area contributed by atoms with Gasteiger partial charge in [0.15, 0.2) is 9.84 Å². The van der Waals surface area contributed by atoms with E-state index >= 15 is 0 Å². The molecule has 0 aromatic heterocycles. The zero-order chi connectivity index (χ0) is 22.9. The Balaban J connectivity index is 1.49. The Labute approximate surface area is 188 Å². The third-order valence-corrected chi connectivity index (χ3v) is 7.53. The highest BCUT2D eigenvalue weighted by Gasteiger charge is 2.54. The van der Waals surface area contributed by atoms with Gasteiger partial charge in [-0.05, 0) is 43.7 Å². The molecule has 0 saturated carbocycles. The Hall–Kier alpha value is -3.07. The summed E-state index contributed by atoms with van der Waals surface area (Å²) in [6.45, 7) is 4.55. The fourth-order valence-electron chi connectivity index (χ4n) is 4.25. The molecular formula is C23H27N3O5S. The Morgan fingerprint density at radius 1 is 1.06 bits per heavy atom. The van der Waals surface area contributed by atoms with Gasteiger partial charge in [0.25, 0.3) is 0 Å². The summed E-state index contributed by atoms with van der Waals surface area (Å²) in [5.41, 5.74) is 2.67.